The van der Waals surface area contributed by atoms with Crippen molar-refractivity contribution in [1.82, 2.24) is 10.3 Å². The van der Waals surface area contributed by atoms with Crippen LogP contribution in [0.15, 0.2) is 42.6 Å². The number of aromatic nitrogens is 1. The van der Waals surface area contributed by atoms with Crippen LogP contribution in [0.5, 0.6) is 5.75 Å². The van der Waals surface area contributed by atoms with Crippen molar-refractivity contribution in [3.8, 4) is 5.75 Å². The summed E-state index contributed by atoms with van der Waals surface area (Å²) in [6.07, 6.45) is 2.53. The molecule has 0 aliphatic carbocycles. The molecule has 0 aliphatic rings. The lowest BCUT2D eigenvalue weighted by Gasteiger charge is -2.10. The summed E-state index contributed by atoms with van der Waals surface area (Å²) >= 11 is 0. The van der Waals surface area contributed by atoms with Gasteiger partial charge >= 0.3 is 0 Å². The van der Waals surface area contributed by atoms with Crippen LogP contribution < -0.4 is 15.4 Å². The number of nitrogens with zero attached hydrogens (tertiary/aromatic N) is 1. The molecule has 2 N–H and O–H groups in total. The highest BCUT2D eigenvalue weighted by molar-refractivity contribution is 5.93. The Morgan fingerprint density at radius 2 is 1.96 bits per heavy atom. The van der Waals surface area contributed by atoms with Crippen molar-refractivity contribution in [3.05, 3.63) is 53.9 Å². The number of carbonyl (C=O) groups is 1. The first kappa shape index (κ1) is 16.8. The average molecular weight is 313 g/mol. The van der Waals surface area contributed by atoms with Crippen LogP contribution in [0.1, 0.15) is 29.9 Å². The number of anilines is 1. The first-order valence-electron chi connectivity index (χ1n) is 7.72. The van der Waals surface area contributed by atoms with Gasteiger partial charge in [-0.25, -0.2) is 0 Å². The van der Waals surface area contributed by atoms with Gasteiger partial charge in [-0.3, -0.25) is 9.78 Å². The highest BCUT2D eigenvalue weighted by atomic mass is 16.5. The van der Waals surface area contributed by atoms with Gasteiger partial charge in [0.1, 0.15) is 11.4 Å². The minimum atomic E-state index is -0.154. The number of hydrogen-bond acceptors (Lipinski definition) is 4. The molecule has 5 heteroatoms. The molecule has 2 rings (SSSR count). The Hall–Kier alpha value is -2.56. The summed E-state index contributed by atoms with van der Waals surface area (Å²) in [7, 11) is 1.66. The van der Waals surface area contributed by atoms with Gasteiger partial charge in [-0.15, -0.1) is 0 Å². The Bertz CT molecular complexity index is 639. The van der Waals surface area contributed by atoms with Crippen molar-refractivity contribution >= 4 is 11.6 Å². The van der Waals surface area contributed by atoms with E-state index in [4.69, 9.17) is 4.74 Å². The fourth-order valence-corrected chi connectivity index (χ4v) is 2.14. The standard InChI is InChI=1S/C18H23N3O2/c1-13(2)21-18(22)17-12-15(9-11-20-17)19-10-8-14-4-6-16(23-3)7-5-14/h4-7,9,11-13H,8,10H2,1-3H3,(H,19,20)(H,21,22). The Labute approximate surface area is 137 Å². The molecule has 1 aromatic heterocycles. The molecule has 0 spiro atoms. The molecule has 1 aromatic carbocycles. The molecule has 1 amide bonds. The molecule has 0 saturated heterocycles. The van der Waals surface area contributed by atoms with Crippen LogP contribution in [0.25, 0.3) is 0 Å². The van der Waals surface area contributed by atoms with Crippen LogP contribution >= 0.6 is 0 Å². The lowest BCUT2D eigenvalue weighted by atomic mass is 10.1. The summed E-state index contributed by atoms with van der Waals surface area (Å²) in [5, 5.41) is 6.16. The number of benzene rings is 1. The predicted molar refractivity (Wildman–Crippen MR) is 92.0 cm³/mol. The quantitative estimate of drug-likeness (QED) is 0.825. The second-order valence-electron chi connectivity index (χ2n) is 5.58. The Morgan fingerprint density at radius 3 is 2.61 bits per heavy atom. The molecular weight excluding hydrogens is 290 g/mol. The number of nitrogens with one attached hydrogen (secondary N) is 2. The smallest absolute Gasteiger partial charge is 0.270 e. The minimum Gasteiger partial charge on any atom is -0.497 e. The van der Waals surface area contributed by atoms with Crippen LogP contribution in [0, 0.1) is 0 Å². The fraction of sp³-hybridized carbons (Fsp3) is 0.333. The van der Waals surface area contributed by atoms with Crippen molar-refractivity contribution in [3.63, 3.8) is 0 Å². The second-order valence-corrected chi connectivity index (χ2v) is 5.58. The van der Waals surface area contributed by atoms with Crippen LogP contribution in [-0.2, 0) is 6.42 Å². The van der Waals surface area contributed by atoms with E-state index in [1.807, 2.05) is 32.0 Å². The second kappa shape index (κ2) is 8.17. The number of carbonyl (C=O) groups excluding carboxylic acids is 1. The molecular formula is C18H23N3O2. The van der Waals surface area contributed by atoms with E-state index in [0.29, 0.717) is 5.69 Å². The van der Waals surface area contributed by atoms with Crippen molar-refractivity contribution in [1.29, 1.82) is 0 Å². The molecule has 0 aliphatic heterocycles. The van der Waals surface area contributed by atoms with Gasteiger partial charge in [0.2, 0.25) is 0 Å². The van der Waals surface area contributed by atoms with Gasteiger partial charge in [0.25, 0.3) is 5.91 Å². The molecule has 1 heterocycles. The minimum absolute atomic E-state index is 0.0935. The monoisotopic (exact) mass is 313 g/mol. The molecule has 2 aromatic rings. The zero-order chi connectivity index (χ0) is 16.7. The SMILES string of the molecule is COc1ccc(CCNc2ccnc(C(=O)NC(C)C)c2)cc1. The van der Waals surface area contributed by atoms with Gasteiger partial charge in [0, 0.05) is 24.5 Å². The van der Waals surface area contributed by atoms with Crippen LogP contribution in [0.4, 0.5) is 5.69 Å². The maximum absolute atomic E-state index is 11.9. The van der Waals surface area contributed by atoms with Crippen molar-refractivity contribution in [2.24, 2.45) is 0 Å². The van der Waals surface area contributed by atoms with E-state index in [-0.39, 0.29) is 11.9 Å². The Balaban J connectivity index is 1.89. The lowest BCUT2D eigenvalue weighted by molar-refractivity contribution is 0.0938. The number of pyridine rings is 1. The predicted octanol–water partition coefficient (Wildman–Crippen LogP) is 2.88. The number of hydrogen-bond donors (Lipinski definition) is 2. The largest absolute Gasteiger partial charge is 0.497 e. The van der Waals surface area contributed by atoms with E-state index < -0.39 is 0 Å². The van der Waals surface area contributed by atoms with Crippen LogP contribution in [0.2, 0.25) is 0 Å². The van der Waals surface area contributed by atoms with Crippen molar-refractivity contribution in [2.75, 3.05) is 19.0 Å². The number of rotatable bonds is 7. The number of methoxy groups -OCH3 is 1. The molecule has 0 fully saturated rings. The maximum atomic E-state index is 11.9. The third-order valence-corrected chi connectivity index (χ3v) is 3.31. The maximum Gasteiger partial charge on any atom is 0.270 e. The van der Waals surface area contributed by atoms with Gasteiger partial charge in [-0.05, 0) is 50.1 Å². The summed E-state index contributed by atoms with van der Waals surface area (Å²) in [5.74, 6) is 0.704. The highest BCUT2D eigenvalue weighted by Crippen LogP contribution is 2.12. The number of amides is 1. The molecule has 0 atom stereocenters. The molecule has 0 bridgehead atoms. The van der Waals surface area contributed by atoms with Gasteiger partial charge in [0.05, 0.1) is 7.11 Å². The molecule has 0 unspecified atom stereocenters. The molecule has 0 radical (unpaired) electrons. The third kappa shape index (κ3) is 5.29. The summed E-state index contributed by atoms with van der Waals surface area (Å²) < 4.78 is 5.15. The molecule has 0 saturated carbocycles. The van der Waals surface area contributed by atoms with Crippen molar-refractivity contribution < 1.29 is 9.53 Å². The Kier molecular flexibility index (Phi) is 5.97. The van der Waals surface area contributed by atoms with Gasteiger partial charge in [-0.2, -0.15) is 0 Å². The first-order valence-corrected chi connectivity index (χ1v) is 7.72. The topological polar surface area (TPSA) is 63.2 Å². The number of ether oxygens (including phenoxy) is 1. The first-order chi connectivity index (χ1) is 11.1. The van der Waals surface area contributed by atoms with Crippen LogP contribution in [-0.4, -0.2) is 30.6 Å². The fourth-order valence-electron chi connectivity index (χ4n) is 2.14. The zero-order valence-electron chi connectivity index (χ0n) is 13.8. The van der Waals surface area contributed by atoms with Crippen LogP contribution in [0.3, 0.4) is 0 Å². The van der Waals surface area contributed by atoms with E-state index in [2.05, 4.69) is 27.8 Å². The average Bonchev–Trinajstić information content (AvgIpc) is 2.55. The van der Waals surface area contributed by atoms with E-state index in [1.54, 1.807) is 19.4 Å². The van der Waals surface area contributed by atoms with Gasteiger partial charge < -0.3 is 15.4 Å². The van der Waals surface area contributed by atoms with E-state index in [9.17, 15) is 4.79 Å². The Morgan fingerprint density at radius 1 is 1.22 bits per heavy atom. The van der Waals surface area contributed by atoms with E-state index >= 15 is 0 Å². The van der Waals surface area contributed by atoms with Crippen molar-refractivity contribution in [2.45, 2.75) is 26.3 Å². The van der Waals surface area contributed by atoms with E-state index in [0.717, 1.165) is 24.4 Å². The van der Waals surface area contributed by atoms with E-state index in [1.165, 1.54) is 5.56 Å². The molecule has 5 nitrogen and oxygen atoms in total. The summed E-state index contributed by atoms with van der Waals surface area (Å²) in [6.45, 7) is 4.63. The van der Waals surface area contributed by atoms with Gasteiger partial charge in [0.15, 0.2) is 0 Å². The molecule has 23 heavy (non-hydrogen) atoms. The third-order valence-electron chi connectivity index (χ3n) is 3.31. The zero-order valence-corrected chi connectivity index (χ0v) is 13.8. The lowest BCUT2D eigenvalue weighted by Crippen LogP contribution is -2.30. The normalized spacial score (nSPS) is 10.4. The summed E-state index contributed by atoms with van der Waals surface area (Å²) in [4.78, 5) is 16.1. The highest BCUT2D eigenvalue weighted by Gasteiger charge is 2.08. The van der Waals surface area contributed by atoms with Gasteiger partial charge in [-0.1, -0.05) is 12.1 Å². The summed E-state index contributed by atoms with van der Waals surface area (Å²) in [6, 6.07) is 11.7. The molecule has 122 valence electrons. The summed E-state index contributed by atoms with van der Waals surface area (Å²) in [5.41, 5.74) is 2.54.